The van der Waals surface area contributed by atoms with Crippen LogP contribution in [0.2, 0.25) is 0 Å². The number of nitrogens with two attached hydrogens (primary N) is 1. The van der Waals surface area contributed by atoms with Gasteiger partial charge in [-0.15, -0.1) is 0 Å². The second kappa shape index (κ2) is 3.63. The van der Waals surface area contributed by atoms with Crippen LogP contribution in [-0.2, 0) is 10.2 Å². The fourth-order valence-electron chi connectivity index (χ4n) is 1.82. The summed E-state index contributed by atoms with van der Waals surface area (Å²) >= 11 is 0. The van der Waals surface area contributed by atoms with E-state index in [-0.39, 0.29) is 11.7 Å². The van der Waals surface area contributed by atoms with Crippen LogP contribution in [0.5, 0.6) is 0 Å². The fourth-order valence-corrected chi connectivity index (χ4v) is 1.82. The van der Waals surface area contributed by atoms with E-state index in [9.17, 15) is 9.18 Å². The van der Waals surface area contributed by atoms with Crippen molar-refractivity contribution in [2.45, 2.75) is 18.3 Å². The molecule has 0 aliphatic heterocycles. The first kappa shape index (κ1) is 10.9. The third kappa shape index (κ3) is 1.57. The molecule has 0 unspecified atom stereocenters. The Balaban J connectivity index is 1.95. The number of halogens is 1. The highest BCUT2D eigenvalue weighted by Crippen LogP contribution is 2.47. The number of aromatic nitrogens is 2. The molecule has 1 saturated carbocycles. The Morgan fingerprint density at radius 2 is 2.00 bits per heavy atom. The average molecular weight is 247 g/mol. The maximum atomic E-state index is 12.8. The molecule has 18 heavy (non-hydrogen) atoms. The van der Waals surface area contributed by atoms with Gasteiger partial charge in [-0.05, 0) is 37.1 Å². The fraction of sp³-hybridized carbons (Fsp3) is 0.250. The van der Waals surface area contributed by atoms with Gasteiger partial charge in [0.15, 0.2) is 0 Å². The van der Waals surface area contributed by atoms with Gasteiger partial charge in [-0.1, -0.05) is 5.16 Å². The molecule has 5 nitrogen and oxygen atoms in total. The van der Waals surface area contributed by atoms with E-state index in [1.54, 1.807) is 12.1 Å². The monoisotopic (exact) mass is 247 g/mol. The Kier molecular flexibility index (Phi) is 2.19. The first-order chi connectivity index (χ1) is 8.62. The first-order valence-electron chi connectivity index (χ1n) is 5.52. The Morgan fingerprint density at radius 3 is 2.56 bits per heavy atom. The molecule has 1 aliphatic rings. The summed E-state index contributed by atoms with van der Waals surface area (Å²) in [7, 11) is 0. The minimum absolute atomic E-state index is 0.245. The van der Waals surface area contributed by atoms with E-state index >= 15 is 0 Å². The maximum Gasteiger partial charge on any atom is 0.242 e. The Hall–Kier alpha value is -2.24. The number of hydrogen-bond acceptors (Lipinski definition) is 4. The van der Waals surface area contributed by atoms with Crippen molar-refractivity contribution in [3.63, 3.8) is 0 Å². The van der Waals surface area contributed by atoms with Crippen molar-refractivity contribution in [1.29, 1.82) is 0 Å². The summed E-state index contributed by atoms with van der Waals surface area (Å²) in [5.74, 6) is -0.207. The molecule has 0 bridgehead atoms. The molecule has 3 rings (SSSR count). The number of carbonyl (C=O) groups excluding carboxylic acids is 1. The third-order valence-electron chi connectivity index (χ3n) is 3.16. The van der Waals surface area contributed by atoms with Gasteiger partial charge in [0, 0.05) is 5.56 Å². The van der Waals surface area contributed by atoms with Crippen LogP contribution in [0.25, 0.3) is 11.4 Å². The third-order valence-corrected chi connectivity index (χ3v) is 3.16. The van der Waals surface area contributed by atoms with Gasteiger partial charge in [0.25, 0.3) is 0 Å². The number of amides is 1. The summed E-state index contributed by atoms with van der Waals surface area (Å²) in [6.07, 6.45) is 1.26. The molecule has 1 amide bonds. The zero-order chi connectivity index (χ0) is 12.8. The van der Waals surface area contributed by atoms with Crippen LogP contribution in [-0.4, -0.2) is 16.0 Å². The van der Waals surface area contributed by atoms with E-state index in [0.29, 0.717) is 24.2 Å². The lowest BCUT2D eigenvalue weighted by atomic mass is 10.1. The summed E-state index contributed by atoms with van der Waals surface area (Å²) in [6, 6.07) is 5.72. The van der Waals surface area contributed by atoms with Crippen molar-refractivity contribution in [3.8, 4) is 11.4 Å². The molecular formula is C12H10FN3O2. The molecule has 92 valence electrons. The van der Waals surface area contributed by atoms with Crippen molar-refractivity contribution in [3.05, 3.63) is 36.0 Å². The SMILES string of the molecule is NC(=O)C1(c2nc(-c3ccc(F)cc3)no2)CC1. The number of rotatable bonds is 3. The lowest BCUT2D eigenvalue weighted by Gasteiger charge is -2.02. The summed E-state index contributed by atoms with van der Waals surface area (Å²) < 4.78 is 17.9. The van der Waals surface area contributed by atoms with E-state index in [2.05, 4.69) is 10.1 Å². The summed E-state index contributed by atoms with van der Waals surface area (Å²) in [5, 5.41) is 3.79. The minimum Gasteiger partial charge on any atom is -0.369 e. The standard InChI is InChI=1S/C12H10FN3O2/c13-8-3-1-7(2-4-8)9-15-11(18-16-9)12(5-6-12)10(14)17/h1-4H,5-6H2,(H2,14,17). The van der Waals surface area contributed by atoms with E-state index in [4.69, 9.17) is 10.3 Å². The van der Waals surface area contributed by atoms with Crippen LogP contribution in [0.3, 0.4) is 0 Å². The lowest BCUT2D eigenvalue weighted by molar-refractivity contribution is -0.121. The molecule has 1 fully saturated rings. The van der Waals surface area contributed by atoms with E-state index in [1.807, 2.05) is 0 Å². The van der Waals surface area contributed by atoms with Gasteiger partial charge in [0.1, 0.15) is 11.2 Å². The minimum atomic E-state index is -0.786. The van der Waals surface area contributed by atoms with Crippen LogP contribution < -0.4 is 5.73 Å². The van der Waals surface area contributed by atoms with Gasteiger partial charge in [-0.25, -0.2) is 4.39 Å². The normalized spacial score (nSPS) is 16.5. The number of primary amides is 1. The molecule has 0 saturated heterocycles. The van der Waals surface area contributed by atoms with Gasteiger partial charge in [0.05, 0.1) is 0 Å². The molecular weight excluding hydrogens is 237 g/mol. The number of carbonyl (C=O) groups is 1. The molecule has 1 aromatic heterocycles. The van der Waals surface area contributed by atoms with Crippen LogP contribution in [0.4, 0.5) is 4.39 Å². The lowest BCUT2D eigenvalue weighted by Crippen LogP contribution is -2.28. The van der Waals surface area contributed by atoms with Crippen molar-refractivity contribution >= 4 is 5.91 Å². The topological polar surface area (TPSA) is 82.0 Å². The van der Waals surface area contributed by atoms with E-state index in [0.717, 1.165) is 0 Å². The van der Waals surface area contributed by atoms with Crippen LogP contribution in [0.1, 0.15) is 18.7 Å². The zero-order valence-corrected chi connectivity index (χ0v) is 9.39. The smallest absolute Gasteiger partial charge is 0.242 e. The van der Waals surface area contributed by atoms with E-state index < -0.39 is 11.3 Å². The summed E-state index contributed by atoms with van der Waals surface area (Å²) in [4.78, 5) is 15.5. The number of benzene rings is 1. The number of nitrogens with zero attached hydrogens (tertiary/aromatic N) is 2. The molecule has 0 radical (unpaired) electrons. The summed E-state index contributed by atoms with van der Waals surface area (Å²) in [5.41, 5.74) is 5.16. The van der Waals surface area contributed by atoms with Gasteiger partial charge in [0.2, 0.25) is 17.6 Å². The highest BCUT2D eigenvalue weighted by molar-refractivity contribution is 5.88. The van der Waals surface area contributed by atoms with Crippen molar-refractivity contribution in [2.24, 2.45) is 5.73 Å². The Morgan fingerprint density at radius 1 is 1.33 bits per heavy atom. The van der Waals surface area contributed by atoms with Crippen molar-refractivity contribution in [2.75, 3.05) is 0 Å². The Labute approximate surface area is 102 Å². The highest BCUT2D eigenvalue weighted by Gasteiger charge is 2.55. The van der Waals surface area contributed by atoms with Gasteiger partial charge in [-0.2, -0.15) is 4.98 Å². The molecule has 2 aromatic rings. The van der Waals surface area contributed by atoms with Crippen molar-refractivity contribution < 1.29 is 13.7 Å². The molecule has 1 aliphatic carbocycles. The zero-order valence-electron chi connectivity index (χ0n) is 9.39. The predicted molar refractivity (Wildman–Crippen MR) is 59.8 cm³/mol. The molecule has 0 spiro atoms. The van der Waals surface area contributed by atoms with Crippen LogP contribution in [0.15, 0.2) is 28.8 Å². The second-order valence-corrected chi connectivity index (χ2v) is 4.38. The summed E-state index contributed by atoms with van der Waals surface area (Å²) in [6.45, 7) is 0. The largest absolute Gasteiger partial charge is 0.369 e. The first-order valence-corrected chi connectivity index (χ1v) is 5.52. The van der Waals surface area contributed by atoms with Crippen LogP contribution in [0, 0.1) is 5.82 Å². The molecule has 6 heteroatoms. The molecule has 1 aromatic carbocycles. The predicted octanol–water partition coefficient (Wildman–Crippen LogP) is 1.39. The van der Waals surface area contributed by atoms with Gasteiger partial charge < -0.3 is 10.3 Å². The molecule has 2 N–H and O–H groups in total. The quantitative estimate of drug-likeness (QED) is 0.888. The van der Waals surface area contributed by atoms with Crippen LogP contribution >= 0.6 is 0 Å². The Bertz CT molecular complexity index is 602. The van der Waals surface area contributed by atoms with E-state index in [1.165, 1.54) is 12.1 Å². The second-order valence-electron chi connectivity index (χ2n) is 4.38. The highest BCUT2D eigenvalue weighted by atomic mass is 19.1. The number of hydrogen-bond donors (Lipinski definition) is 1. The molecule has 1 heterocycles. The van der Waals surface area contributed by atoms with Gasteiger partial charge >= 0.3 is 0 Å². The van der Waals surface area contributed by atoms with Crippen molar-refractivity contribution in [1.82, 2.24) is 10.1 Å². The average Bonchev–Trinajstić information content (AvgIpc) is 3.03. The maximum absolute atomic E-state index is 12.8. The molecule has 0 atom stereocenters. The van der Waals surface area contributed by atoms with Gasteiger partial charge in [-0.3, -0.25) is 4.79 Å².